The van der Waals surface area contributed by atoms with Crippen LogP contribution in [0.3, 0.4) is 0 Å². The summed E-state index contributed by atoms with van der Waals surface area (Å²) in [5.74, 6) is 0.883. The third kappa shape index (κ3) is 12.9. The Morgan fingerprint density at radius 1 is 1.19 bits per heavy atom. The summed E-state index contributed by atoms with van der Waals surface area (Å²) in [6.45, 7) is 8.84. The van der Waals surface area contributed by atoms with E-state index in [2.05, 4.69) is 71.9 Å². The van der Waals surface area contributed by atoms with E-state index in [1.807, 2.05) is 19.1 Å². The van der Waals surface area contributed by atoms with Crippen LogP contribution in [0.5, 0.6) is 0 Å². The summed E-state index contributed by atoms with van der Waals surface area (Å²) in [6, 6.07) is 14.7. The van der Waals surface area contributed by atoms with Crippen molar-refractivity contribution in [3.05, 3.63) is 66.5 Å². The molecule has 2 aromatic carbocycles. The zero-order chi connectivity index (χ0) is 17.8. The van der Waals surface area contributed by atoms with Crippen LogP contribution >= 0.6 is 0 Å². The van der Waals surface area contributed by atoms with Crippen molar-refractivity contribution in [1.82, 2.24) is 0 Å². The van der Waals surface area contributed by atoms with Gasteiger partial charge in [0, 0.05) is 0 Å². The second-order valence-electron chi connectivity index (χ2n) is 6.12. The van der Waals surface area contributed by atoms with E-state index < -0.39 is 8.32 Å². The molecule has 0 heterocycles. The summed E-state index contributed by atoms with van der Waals surface area (Å²) in [5.41, 5.74) is 0. The molecule has 0 bridgehead atoms. The van der Waals surface area contributed by atoms with Crippen molar-refractivity contribution in [3.63, 3.8) is 0 Å². The van der Waals surface area contributed by atoms with Gasteiger partial charge in [0.1, 0.15) is 0 Å². The van der Waals surface area contributed by atoms with Gasteiger partial charge in [0.15, 0.2) is 15.1 Å². The number of hydrogen-bond donors (Lipinski definition) is 0. The summed E-state index contributed by atoms with van der Waals surface area (Å²) in [4.78, 5) is 0. The molecular formula is C20H26Cl2O2SiZr-2. The Labute approximate surface area is 186 Å². The summed E-state index contributed by atoms with van der Waals surface area (Å²) in [5, 5.41) is 2.66. The topological polar surface area (TPSA) is 18.5 Å². The fraction of sp³-hybridized carbons (Fsp3) is 0.300. The van der Waals surface area contributed by atoms with Crippen LogP contribution in [0, 0.1) is 6.08 Å². The predicted octanol–water partition coefficient (Wildman–Crippen LogP) is -0.619. The number of ether oxygens (including phenoxy) is 1. The zero-order valence-corrected chi connectivity index (χ0v) is 20.7. The van der Waals surface area contributed by atoms with Gasteiger partial charge in [0.2, 0.25) is 0 Å². The van der Waals surface area contributed by atoms with Gasteiger partial charge in [-0.05, 0) is 25.4 Å². The molecule has 0 unspecified atom stereocenters. The van der Waals surface area contributed by atoms with E-state index in [4.69, 9.17) is 9.16 Å². The minimum absolute atomic E-state index is 0. The molecule has 3 rings (SSSR count). The molecule has 0 radical (unpaired) electrons. The summed E-state index contributed by atoms with van der Waals surface area (Å²) in [6.07, 6.45) is 7.74. The molecule has 142 valence electrons. The number of halogens is 2. The zero-order valence-electron chi connectivity index (χ0n) is 15.8. The Hall–Kier alpha value is -0.380. The van der Waals surface area contributed by atoms with Gasteiger partial charge in [0.25, 0.3) is 0 Å². The van der Waals surface area contributed by atoms with Gasteiger partial charge in [-0.2, -0.15) is 23.6 Å². The van der Waals surface area contributed by atoms with Gasteiger partial charge in [-0.3, -0.25) is 6.08 Å². The quantitative estimate of drug-likeness (QED) is 0.325. The first-order valence-corrected chi connectivity index (χ1v) is 12.9. The summed E-state index contributed by atoms with van der Waals surface area (Å²) < 4.78 is 12.9. The Kier molecular flexibility index (Phi) is 16.8. The average Bonchev–Trinajstić information content (AvgIpc) is 3.18. The van der Waals surface area contributed by atoms with Crippen LogP contribution in [0.2, 0.25) is 19.6 Å². The first-order valence-electron chi connectivity index (χ1n) is 8.05. The summed E-state index contributed by atoms with van der Waals surface area (Å²) >= 11 is 1.51. The van der Waals surface area contributed by atoms with E-state index in [9.17, 15) is 0 Å². The molecule has 0 aromatic heterocycles. The fourth-order valence-corrected chi connectivity index (χ4v) is 2.24. The van der Waals surface area contributed by atoms with Crippen molar-refractivity contribution in [3.8, 4) is 0 Å². The second-order valence-corrected chi connectivity index (χ2v) is 12.1. The predicted molar refractivity (Wildman–Crippen MR) is 102 cm³/mol. The third-order valence-corrected chi connectivity index (χ3v) is 3.91. The van der Waals surface area contributed by atoms with Gasteiger partial charge >= 0.3 is 34.9 Å². The van der Waals surface area contributed by atoms with Crippen LogP contribution in [0.25, 0.3) is 10.8 Å². The Balaban J connectivity index is 0. The van der Waals surface area contributed by atoms with Gasteiger partial charge in [-0.1, -0.05) is 6.07 Å². The van der Waals surface area contributed by atoms with Crippen molar-refractivity contribution in [2.75, 3.05) is 6.79 Å². The number of rotatable bonds is 4. The minimum atomic E-state index is -1.42. The van der Waals surface area contributed by atoms with E-state index in [-0.39, 0.29) is 24.8 Å². The van der Waals surface area contributed by atoms with E-state index in [1.54, 1.807) is 0 Å². The van der Waals surface area contributed by atoms with Crippen LogP contribution in [0.4, 0.5) is 0 Å². The maximum absolute atomic E-state index is 5.52. The van der Waals surface area contributed by atoms with Gasteiger partial charge < -0.3 is 34.0 Å². The number of allylic oxidation sites excluding steroid dienone is 3. The van der Waals surface area contributed by atoms with E-state index >= 15 is 0 Å². The van der Waals surface area contributed by atoms with Crippen molar-refractivity contribution in [2.45, 2.75) is 33.0 Å². The average molecular weight is 489 g/mol. The molecule has 0 N–H and O–H groups in total. The van der Waals surface area contributed by atoms with Crippen LogP contribution in [-0.2, 0) is 33.4 Å². The van der Waals surface area contributed by atoms with E-state index in [0.717, 1.165) is 12.2 Å². The SMILES string of the molecule is C[CH]=[Zr+2].C[Si](C)(C)OCOC1=CC[C-]=C1.[Cl-].[Cl-].c1ccc2[cH-]ccc2c1. The van der Waals surface area contributed by atoms with Gasteiger partial charge in [0.05, 0.1) is 0 Å². The maximum atomic E-state index is 5.52. The molecule has 0 amide bonds. The van der Waals surface area contributed by atoms with Crippen LogP contribution in [-0.4, -0.2) is 18.8 Å². The van der Waals surface area contributed by atoms with Crippen molar-refractivity contribution >= 4 is 22.8 Å². The minimum Gasteiger partial charge on any atom is -1.00 e. The molecule has 1 aliphatic rings. The molecule has 0 saturated heterocycles. The van der Waals surface area contributed by atoms with Gasteiger partial charge in [-0.25, -0.2) is 0 Å². The molecule has 2 aromatic rings. The molecule has 2 nitrogen and oxygen atoms in total. The van der Waals surface area contributed by atoms with Crippen molar-refractivity contribution in [2.24, 2.45) is 0 Å². The molecular weight excluding hydrogens is 462 g/mol. The smallest absolute Gasteiger partial charge is 0.188 e. The van der Waals surface area contributed by atoms with Gasteiger partial charge in [-0.15, -0.1) is 42.1 Å². The Bertz CT molecular complexity index is 646. The molecule has 6 heteroatoms. The number of hydrogen-bond acceptors (Lipinski definition) is 2. The first kappa shape index (κ1) is 27.8. The van der Waals surface area contributed by atoms with Crippen LogP contribution < -0.4 is 24.8 Å². The van der Waals surface area contributed by atoms with Crippen LogP contribution in [0.15, 0.2) is 60.4 Å². The number of benzene rings is 1. The maximum Gasteiger partial charge on any atom is 0.188 e. The fourth-order valence-electron chi connectivity index (χ4n) is 1.82. The molecule has 0 fully saturated rings. The molecule has 0 spiro atoms. The van der Waals surface area contributed by atoms with E-state index in [1.165, 1.54) is 35.0 Å². The summed E-state index contributed by atoms with van der Waals surface area (Å²) in [7, 11) is -1.42. The molecule has 1 aliphatic carbocycles. The van der Waals surface area contributed by atoms with Crippen LogP contribution in [0.1, 0.15) is 13.3 Å². The van der Waals surface area contributed by atoms with Crippen molar-refractivity contribution < 1.29 is 58.2 Å². The second kappa shape index (κ2) is 15.7. The first-order chi connectivity index (χ1) is 11.5. The third-order valence-electron chi connectivity index (χ3n) is 2.93. The standard InChI is InChI=1S/C9H15O2Si.C9H7.C2H4.2ClH.Zr/c1-12(2,3)11-8-10-9-6-4-5-7-9;1-2-5-9-7-3-6-8(9)4-1;1-2;;;/h6-7H,4,8H2,1-3H3;1-7H;1H,2H3;2*1H;/q2*-1;;;;+2/p-2. The molecule has 0 aliphatic heterocycles. The molecule has 0 atom stereocenters. The molecule has 26 heavy (non-hydrogen) atoms. The van der Waals surface area contributed by atoms with E-state index in [0.29, 0.717) is 6.79 Å². The Morgan fingerprint density at radius 2 is 1.85 bits per heavy atom. The molecule has 0 saturated carbocycles. The normalized spacial score (nSPS) is 11.7. The van der Waals surface area contributed by atoms with Crippen molar-refractivity contribution in [1.29, 1.82) is 0 Å². The Morgan fingerprint density at radius 3 is 2.38 bits per heavy atom. The monoisotopic (exact) mass is 486 g/mol. The number of fused-ring (bicyclic) bond motifs is 1. The largest absolute Gasteiger partial charge is 1.00 e.